The van der Waals surface area contributed by atoms with Gasteiger partial charge in [-0.25, -0.2) is 13.8 Å². The number of anilines is 2. The Labute approximate surface area is 165 Å². The zero-order valence-corrected chi connectivity index (χ0v) is 15.8. The topological polar surface area (TPSA) is 105 Å². The molecule has 2 aromatic rings. The zero-order valence-electron chi connectivity index (χ0n) is 15.8. The molecule has 3 amide bonds. The number of nitrogens with zero attached hydrogens (tertiary/aromatic N) is 2. The summed E-state index contributed by atoms with van der Waals surface area (Å²) in [6.45, 7) is 3.67. The van der Waals surface area contributed by atoms with Gasteiger partial charge in [-0.15, -0.1) is 0 Å². The van der Waals surface area contributed by atoms with Crippen LogP contribution in [0.5, 0.6) is 0 Å². The summed E-state index contributed by atoms with van der Waals surface area (Å²) in [7, 11) is 0. The first-order valence-electron chi connectivity index (χ1n) is 8.75. The Morgan fingerprint density at radius 3 is 2.52 bits per heavy atom. The van der Waals surface area contributed by atoms with E-state index in [4.69, 9.17) is 5.73 Å². The molecular formula is C20H18F2N4O3. The van der Waals surface area contributed by atoms with E-state index in [1.54, 1.807) is 6.07 Å². The van der Waals surface area contributed by atoms with Gasteiger partial charge in [-0.2, -0.15) is 5.10 Å². The number of carbonyl (C=O) groups is 3. The van der Waals surface area contributed by atoms with E-state index in [1.165, 1.54) is 0 Å². The maximum atomic E-state index is 14.0. The quantitative estimate of drug-likeness (QED) is 0.824. The van der Waals surface area contributed by atoms with E-state index < -0.39 is 34.7 Å². The number of primary amides is 1. The lowest BCUT2D eigenvalue weighted by Crippen LogP contribution is -2.36. The first-order valence-corrected chi connectivity index (χ1v) is 8.75. The van der Waals surface area contributed by atoms with E-state index in [2.05, 4.69) is 10.4 Å². The van der Waals surface area contributed by atoms with Crippen LogP contribution >= 0.6 is 0 Å². The van der Waals surface area contributed by atoms with E-state index in [9.17, 15) is 23.2 Å². The third kappa shape index (κ3) is 4.13. The van der Waals surface area contributed by atoms with E-state index in [0.717, 1.165) is 22.2 Å². The molecule has 0 bridgehead atoms. The summed E-state index contributed by atoms with van der Waals surface area (Å²) >= 11 is 0. The normalized spacial score (nSPS) is 13.9. The highest BCUT2D eigenvalue weighted by atomic mass is 19.1. The second-order valence-corrected chi connectivity index (χ2v) is 6.67. The second-order valence-electron chi connectivity index (χ2n) is 6.67. The van der Waals surface area contributed by atoms with Gasteiger partial charge in [-0.05, 0) is 37.1 Å². The predicted molar refractivity (Wildman–Crippen MR) is 104 cm³/mol. The smallest absolute Gasteiger partial charge is 0.271 e. The molecule has 1 heterocycles. The molecule has 3 rings (SSSR count). The minimum absolute atomic E-state index is 0.00476. The number of rotatable bonds is 4. The molecule has 0 unspecified atom stereocenters. The van der Waals surface area contributed by atoms with Crippen molar-refractivity contribution in [3.63, 3.8) is 0 Å². The number of amides is 3. The molecule has 2 aromatic carbocycles. The van der Waals surface area contributed by atoms with Crippen LogP contribution in [0.4, 0.5) is 20.2 Å². The molecule has 0 atom stereocenters. The first-order chi connectivity index (χ1) is 13.7. The minimum atomic E-state index is -1.13. The fourth-order valence-corrected chi connectivity index (χ4v) is 2.88. The Morgan fingerprint density at radius 2 is 1.83 bits per heavy atom. The lowest BCUT2D eigenvalue weighted by atomic mass is 10.1. The minimum Gasteiger partial charge on any atom is -0.366 e. The molecule has 0 saturated heterocycles. The molecule has 0 fully saturated rings. The molecule has 9 heteroatoms. The van der Waals surface area contributed by atoms with Crippen LogP contribution in [0.25, 0.3) is 0 Å². The van der Waals surface area contributed by atoms with Crippen molar-refractivity contribution in [1.82, 2.24) is 0 Å². The summed E-state index contributed by atoms with van der Waals surface area (Å²) in [4.78, 5) is 36.1. The second kappa shape index (κ2) is 7.78. The van der Waals surface area contributed by atoms with Crippen LogP contribution in [0.3, 0.4) is 0 Å². The van der Waals surface area contributed by atoms with Gasteiger partial charge in [0.1, 0.15) is 17.3 Å². The van der Waals surface area contributed by atoms with Gasteiger partial charge in [0, 0.05) is 18.9 Å². The highest BCUT2D eigenvalue weighted by Gasteiger charge is 2.27. The Kier molecular flexibility index (Phi) is 5.40. The maximum Gasteiger partial charge on any atom is 0.271 e. The summed E-state index contributed by atoms with van der Waals surface area (Å²) in [6, 6.07) is 6.78. The Balaban J connectivity index is 1.91. The van der Waals surface area contributed by atoms with Crippen molar-refractivity contribution in [3.8, 4) is 0 Å². The molecular weight excluding hydrogens is 382 g/mol. The van der Waals surface area contributed by atoms with Gasteiger partial charge in [0.15, 0.2) is 0 Å². The van der Waals surface area contributed by atoms with Gasteiger partial charge in [0.05, 0.1) is 16.9 Å². The van der Waals surface area contributed by atoms with Crippen molar-refractivity contribution >= 4 is 34.8 Å². The van der Waals surface area contributed by atoms with Crippen LogP contribution in [0, 0.1) is 25.5 Å². The lowest BCUT2D eigenvalue weighted by molar-refractivity contribution is -0.118. The van der Waals surface area contributed by atoms with E-state index >= 15 is 0 Å². The SMILES string of the molecule is Cc1ccc(C)c(N2N=C(C(=O)Nc3cc(C(N)=O)c(F)cc3F)CCC2=O)c1. The molecule has 0 saturated carbocycles. The number of benzene rings is 2. The van der Waals surface area contributed by atoms with Crippen molar-refractivity contribution in [2.24, 2.45) is 10.8 Å². The molecule has 29 heavy (non-hydrogen) atoms. The summed E-state index contributed by atoms with van der Waals surface area (Å²) in [5, 5.41) is 7.54. The number of halogens is 2. The maximum absolute atomic E-state index is 14.0. The Morgan fingerprint density at radius 1 is 1.10 bits per heavy atom. The molecule has 7 nitrogen and oxygen atoms in total. The van der Waals surface area contributed by atoms with Gasteiger partial charge in [0.25, 0.3) is 11.8 Å². The first kappa shape index (κ1) is 20.1. The summed E-state index contributed by atoms with van der Waals surface area (Å²) in [6.07, 6.45) is 0.0928. The summed E-state index contributed by atoms with van der Waals surface area (Å²) < 4.78 is 27.6. The molecule has 0 aromatic heterocycles. The highest BCUT2D eigenvalue weighted by molar-refractivity contribution is 6.44. The van der Waals surface area contributed by atoms with Gasteiger partial charge < -0.3 is 11.1 Å². The van der Waals surface area contributed by atoms with Crippen molar-refractivity contribution in [2.45, 2.75) is 26.7 Å². The molecule has 1 aliphatic rings. The van der Waals surface area contributed by atoms with Crippen LogP contribution in [0.1, 0.15) is 34.3 Å². The third-order valence-electron chi connectivity index (χ3n) is 4.46. The zero-order chi connectivity index (χ0) is 21.3. The average molecular weight is 400 g/mol. The highest BCUT2D eigenvalue weighted by Crippen LogP contribution is 2.26. The largest absolute Gasteiger partial charge is 0.366 e. The number of nitrogens with two attached hydrogens (primary N) is 1. The van der Waals surface area contributed by atoms with Crippen LogP contribution < -0.4 is 16.1 Å². The number of aryl methyl sites for hydroxylation is 2. The van der Waals surface area contributed by atoms with Crippen LogP contribution in [-0.2, 0) is 9.59 Å². The number of hydrogen-bond acceptors (Lipinski definition) is 4. The van der Waals surface area contributed by atoms with Crippen molar-refractivity contribution in [1.29, 1.82) is 0 Å². The van der Waals surface area contributed by atoms with Gasteiger partial charge >= 0.3 is 0 Å². The molecule has 0 aliphatic carbocycles. The molecule has 150 valence electrons. The number of hydrazone groups is 1. The van der Waals surface area contributed by atoms with E-state index in [1.807, 2.05) is 26.0 Å². The van der Waals surface area contributed by atoms with Crippen molar-refractivity contribution < 1.29 is 23.2 Å². The van der Waals surface area contributed by atoms with Crippen LogP contribution in [-0.4, -0.2) is 23.4 Å². The fraction of sp³-hybridized carbons (Fsp3) is 0.200. The summed E-state index contributed by atoms with van der Waals surface area (Å²) in [5.74, 6) is -4.35. The molecule has 0 radical (unpaired) electrons. The Hall–Kier alpha value is -3.62. The van der Waals surface area contributed by atoms with Crippen molar-refractivity contribution in [2.75, 3.05) is 10.3 Å². The monoisotopic (exact) mass is 400 g/mol. The van der Waals surface area contributed by atoms with Gasteiger partial charge in [-0.3, -0.25) is 14.4 Å². The molecule has 0 spiro atoms. The predicted octanol–water partition coefficient (Wildman–Crippen LogP) is 2.80. The van der Waals surface area contributed by atoms with E-state index in [0.29, 0.717) is 11.8 Å². The molecule has 1 aliphatic heterocycles. The van der Waals surface area contributed by atoms with Gasteiger partial charge in [-0.1, -0.05) is 12.1 Å². The number of carbonyl (C=O) groups excluding carboxylic acids is 3. The number of hydrogen-bond donors (Lipinski definition) is 2. The van der Waals surface area contributed by atoms with Crippen LogP contribution in [0.2, 0.25) is 0 Å². The van der Waals surface area contributed by atoms with Crippen LogP contribution in [0.15, 0.2) is 35.4 Å². The number of nitrogens with one attached hydrogen (secondary N) is 1. The van der Waals surface area contributed by atoms with Gasteiger partial charge in [0.2, 0.25) is 5.91 Å². The summed E-state index contributed by atoms with van der Waals surface area (Å²) in [5.41, 5.74) is 6.33. The third-order valence-corrected chi connectivity index (χ3v) is 4.46. The van der Waals surface area contributed by atoms with Crippen molar-refractivity contribution in [3.05, 3.63) is 58.7 Å². The standard InChI is InChI=1S/C20H18F2N4O3/c1-10-3-4-11(2)17(7-10)26-18(27)6-5-15(25-26)20(29)24-16-8-12(19(23)28)13(21)9-14(16)22/h3-4,7-9H,5-6H2,1-2H3,(H2,23,28)(H,24,29). The molecule has 3 N–H and O–H groups in total. The average Bonchev–Trinajstić information content (AvgIpc) is 2.66. The van der Waals surface area contributed by atoms with E-state index in [-0.39, 0.29) is 24.5 Å². The Bertz CT molecular complexity index is 1070. The lowest BCUT2D eigenvalue weighted by Gasteiger charge is -2.25. The fourth-order valence-electron chi connectivity index (χ4n) is 2.88.